The van der Waals surface area contributed by atoms with Gasteiger partial charge < -0.3 is 4.42 Å². The van der Waals surface area contributed by atoms with Gasteiger partial charge in [0.1, 0.15) is 6.04 Å². The van der Waals surface area contributed by atoms with E-state index in [1.165, 1.54) is 12.3 Å². The number of rotatable bonds is 4. The summed E-state index contributed by atoms with van der Waals surface area (Å²) < 4.78 is 4.96. The minimum Gasteiger partial charge on any atom is -0.459 e. The smallest absolute Gasteiger partial charge is 0.301 e. The van der Waals surface area contributed by atoms with Gasteiger partial charge in [-0.3, -0.25) is 19.8 Å². The Labute approximate surface area is 138 Å². The molecule has 0 radical (unpaired) electrons. The van der Waals surface area contributed by atoms with Crippen LogP contribution in [-0.2, 0) is 9.59 Å². The van der Waals surface area contributed by atoms with Crippen LogP contribution in [0.25, 0.3) is 0 Å². The summed E-state index contributed by atoms with van der Waals surface area (Å²) in [6, 6.07) is 7.79. The molecule has 0 bridgehead atoms. The molecule has 7 nitrogen and oxygen atoms in total. The summed E-state index contributed by atoms with van der Waals surface area (Å²) in [5.74, 6) is -1.10. The first-order chi connectivity index (χ1) is 11.5. The molecular weight excluding hydrogens is 310 g/mol. The molecule has 3 amide bonds. The molecule has 2 aromatic rings. The molecule has 0 spiro atoms. The van der Waals surface area contributed by atoms with Crippen molar-refractivity contribution in [2.24, 2.45) is 0 Å². The predicted octanol–water partition coefficient (Wildman–Crippen LogP) is 1.46. The van der Waals surface area contributed by atoms with Crippen molar-refractivity contribution in [3.05, 3.63) is 53.5 Å². The predicted molar refractivity (Wildman–Crippen MR) is 86.1 cm³/mol. The zero-order valence-corrected chi connectivity index (χ0v) is 13.3. The molecule has 24 heavy (non-hydrogen) atoms. The second-order valence-electron chi connectivity index (χ2n) is 5.69. The van der Waals surface area contributed by atoms with Crippen molar-refractivity contribution >= 4 is 23.4 Å². The third-order valence-corrected chi connectivity index (χ3v) is 3.84. The molecule has 7 heteroatoms. The van der Waals surface area contributed by atoms with Crippen LogP contribution < -0.4 is 15.8 Å². The maximum atomic E-state index is 12.5. The Balaban J connectivity index is 1.71. The van der Waals surface area contributed by atoms with Gasteiger partial charge in [-0.1, -0.05) is 17.7 Å². The summed E-state index contributed by atoms with van der Waals surface area (Å²) in [5, 5.41) is 0. The van der Waals surface area contributed by atoms with Gasteiger partial charge in [-0.25, -0.2) is 10.3 Å². The lowest BCUT2D eigenvalue weighted by molar-refractivity contribution is -0.121. The van der Waals surface area contributed by atoms with Crippen molar-refractivity contribution in [2.45, 2.75) is 26.3 Å². The number of carbonyl (C=O) groups is 3. The van der Waals surface area contributed by atoms with Crippen LogP contribution in [0.1, 0.15) is 28.1 Å². The number of nitrogens with zero attached hydrogens (tertiary/aromatic N) is 1. The Morgan fingerprint density at radius 3 is 2.71 bits per heavy atom. The molecule has 1 aromatic heterocycles. The summed E-state index contributed by atoms with van der Waals surface area (Å²) in [5.41, 5.74) is 7.46. The topological polar surface area (TPSA) is 91.7 Å². The maximum Gasteiger partial charge on any atom is 0.301 e. The summed E-state index contributed by atoms with van der Waals surface area (Å²) >= 11 is 0. The summed E-state index contributed by atoms with van der Waals surface area (Å²) in [6.45, 7) is 3.79. The van der Waals surface area contributed by atoms with Crippen molar-refractivity contribution in [3.63, 3.8) is 0 Å². The van der Waals surface area contributed by atoms with Crippen LogP contribution in [-0.4, -0.2) is 23.8 Å². The van der Waals surface area contributed by atoms with Crippen molar-refractivity contribution in [1.29, 1.82) is 0 Å². The number of aryl methyl sites for hydroxylation is 2. The van der Waals surface area contributed by atoms with Crippen LogP contribution in [0.4, 0.5) is 5.69 Å². The molecule has 1 unspecified atom stereocenters. The monoisotopic (exact) mass is 327 g/mol. The van der Waals surface area contributed by atoms with Gasteiger partial charge in [0, 0.05) is 0 Å². The van der Waals surface area contributed by atoms with Crippen molar-refractivity contribution < 1.29 is 18.8 Å². The Hall–Kier alpha value is -2.93. The highest BCUT2D eigenvalue weighted by molar-refractivity contribution is 6.22. The average Bonchev–Trinajstić information content (AvgIpc) is 3.15. The highest BCUT2D eigenvalue weighted by Crippen LogP contribution is 2.26. The number of imide groups is 1. The lowest BCUT2D eigenvalue weighted by Gasteiger charge is -2.18. The number of hydrogen-bond donors (Lipinski definition) is 2. The van der Waals surface area contributed by atoms with E-state index in [1.807, 2.05) is 26.0 Å². The summed E-state index contributed by atoms with van der Waals surface area (Å²) in [4.78, 5) is 37.7. The average molecular weight is 327 g/mol. The zero-order chi connectivity index (χ0) is 17.3. The van der Waals surface area contributed by atoms with Crippen LogP contribution in [0.5, 0.6) is 0 Å². The number of furan rings is 1. The van der Waals surface area contributed by atoms with Gasteiger partial charge in [0.25, 0.3) is 5.91 Å². The number of anilines is 1. The van der Waals surface area contributed by atoms with E-state index in [0.29, 0.717) is 5.69 Å². The number of carbonyl (C=O) groups excluding carboxylic acids is 3. The normalized spacial score (nSPS) is 17.4. The summed E-state index contributed by atoms with van der Waals surface area (Å²) in [6.07, 6.45) is 1.35. The van der Waals surface area contributed by atoms with E-state index < -0.39 is 17.9 Å². The van der Waals surface area contributed by atoms with Crippen molar-refractivity contribution in [2.75, 3.05) is 4.90 Å². The molecule has 1 fully saturated rings. The quantitative estimate of drug-likeness (QED) is 0.655. The molecular formula is C17H17N3O4. The molecule has 1 saturated heterocycles. The van der Waals surface area contributed by atoms with Crippen molar-refractivity contribution in [3.8, 4) is 0 Å². The second-order valence-corrected chi connectivity index (χ2v) is 5.69. The fourth-order valence-electron chi connectivity index (χ4n) is 2.68. The van der Waals surface area contributed by atoms with E-state index in [2.05, 4.69) is 10.9 Å². The number of hydrogen-bond acceptors (Lipinski definition) is 5. The SMILES string of the molecule is Cc1ccc(N2C(=O)CC(NNC(=O)c3ccco3)C2=O)c(C)c1. The number of benzene rings is 1. The van der Waals surface area contributed by atoms with E-state index >= 15 is 0 Å². The third-order valence-electron chi connectivity index (χ3n) is 3.84. The fraction of sp³-hybridized carbons (Fsp3) is 0.235. The van der Waals surface area contributed by atoms with Gasteiger partial charge in [-0.2, -0.15) is 0 Å². The highest BCUT2D eigenvalue weighted by Gasteiger charge is 2.40. The lowest BCUT2D eigenvalue weighted by Crippen LogP contribution is -2.48. The number of nitrogens with one attached hydrogen (secondary N) is 2. The Bertz CT molecular complexity index is 798. The molecule has 1 aliphatic rings. The Kier molecular flexibility index (Phi) is 4.18. The number of amides is 3. The van der Waals surface area contributed by atoms with E-state index in [1.54, 1.807) is 12.1 Å². The fourth-order valence-corrected chi connectivity index (χ4v) is 2.68. The highest BCUT2D eigenvalue weighted by atomic mass is 16.3. The van der Waals surface area contributed by atoms with E-state index in [0.717, 1.165) is 16.0 Å². The zero-order valence-electron chi connectivity index (χ0n) is 13.3. The molecule has 1 aliphatic heterocycles. The largest absolute Gasteiger partial charge is 0.459 e. The maximum absolute atomic E-state index is 12.5. The van der Waals surface area contributed by atoms with Crippen LogP contribution in [0.15, 0.2) is 41.0 Å². The van der Waals surface area contributed by atoms with Crippen LogP contribution in [0.2, 0.25) is 0 Å². The molecule has 0 saturated carbocycles. The van der Waals surface area contributed by atoms with Crippen LogP contribution in [0.3, 0.4) is 0 Å². The van der Waals surface area contributed by atoms with Crippen LogP contribution in [0, 0.1) is 13.8 Å². The molecule has 124 valence electrons. The Morgan fingerprint density at radius 2 is 2.04 bits per heavy atom. The Morgan fingerprint density at radius 1 is 1.25 bits per heavy atom. The van der Waals surface area contributed by atoms with Gasteiger partial charge in [-0.15, -0.1) is 0 Å². The van der Waals surface area contributed by atoms with Gasteiger partial charge in [0.2, 0.25) is 5.91 Å². The second kappa shape index (κ2) is 6.29. The molecule has 2 heterocycles. The number of hydrazine groups is 1. The minimum atomic E-state index is -0.808. The molecule has 0 aliphatic carbocycles. The van der Waals surface area contributed by atoms with Crippen LogP contribution >= 0.6 is 0 Å². The minimum absolute atomic E-state index is 0.0232. The van der Waals surface area contributed by atoms with E-state index in [4.69, 9.17) is 4.42 Å². The lowest BCUT2D eigenvalue weighted by atomic mass is 10.1. The first-order valence-electron chi connectivity index (χ1n) is 7.51. The molecule has 1 aromatic carbocycles. The molecule has 3 rings (SSSR count). The molecule has 2 N–H and O–H groups in total. The van der Waals surface area contributed by atoms with E-state index in [9.17, 15) is 14.4 Å². The van der Waals surface area contributed by atoms with Gasteiger partial charge >= 0.3 is 5.91 Å². The standard InChI is InChI=1S/C17H17N3O4/c1-10-5-6-13(11(2)8-10)20-15(21)9-12(17(20)23)18-19-16(22)14-4-3-7-24-14/h3-8,12,18H,9H2,1-2H3,(H,19,22). The van der Waals surface area contributed by atoms with Gasteiger partial charge in [0.15, 0.2) is 5.76 Å². The third kappa shape index (κ3) is 2.93. The molecule has 1 atom stereocenters. The van der Waals surface area contributed by atoms with Crippen molar-refractivity contribution in [1.82, 2.24) is 10.9 Å². The first kappa shape index (κ1) is 15.9. The first-order valence-corrected chi connectivity index (χ1v) is 7.51. The summed E-state index contributed by atoms with van der Waals surface area (Å²) in [7, 11) is 0. The van der Waals surface area contributed by atoms with Gasteiger partial charge in [0.05, 0.1) is 18.4 Å². The van der Waals surface area contributed by atoms with E-state index in [-0.39, 0.29) is 18.1 Å². The van der Waals surface area contributed by atoms with Gasteiger partial charge in [-0.05, 0) is 37.6 Å².